The van der Waals surface area contributed by atoms with Crippen LogP contribution in [0.3, 0.4) is 0 Å². The number of nitrogens with zero attached hydrogens (tertiary/aromatic N) is 2. The molecule has 0 amide bonds. The average Bonchev–Trinajstić information content (AvgIpc) is 2.55. The number of aromatic nitrogens is 2. The van der Waals surface area contributed by atoms with E-state index in [-0.39, 0.29) is 0 Å². The fourth-order valence-electron chi connectivity index (χ4n) is 1.92. The molecule has 1 aromatic carbocycles. The van der Waals surface area contributed by atoms with Gasteiger partial charge in [0, 0.05) is 0 Å². The van der Waals surface area contributed by atoms with Crippen LogP contribution in [0.1, 0.15) is 27.3 Å². The summed E-state index contributed by atoms with van der Waals surface area (Å²) in [5.74, 6) is -0.917. The van der Waals surface area contributed by atoms with E-state index in [9.17, 15) is 4.79 Å². The van der Waals surface area contributed by atoms with E-state index in [1.54, 1.807) is 18.5 Å². The highest BCUT2D eigenvalue weighted by Crippen LogP contribution is 2.14. The second-order valence-electron chi connectivity index (χ2n) is 3.99. The minimum Gasteiger partial charge on any atom is -0.478 e. The Kier molecular flexibility index (Phi) is 2.95. The van der Waals surface area contributed by atoms with Crippen molar-refractivity contribution in [2.75, 3.05) is 0 Å². The molecule has 0 spiro atoms. The number of aryl methyl sites for hydroxylation is 1. The molecule has 0 aliphatic carbocycles. The minimum absolute atomic E-state index is 0.306. The molecule has 0 unspecified atom stereocenters. The lowest BCUT2D eigenvalue weighted by atomic mass is 10.2. The maximum absolute atomic E-state index is 11.1. The third kappa shape index (κ3) is 2.20. The molecule has 0 atom stereocenters. The van der Waals surface area contributed by atoms with Crippen molar-refractivity contribution in [1.82, 2.24) is 9.78 Å². The number of carboxylic acid groups (broad SMARTS) is 1. The summed E-state index contributed by atoms with van der Waals surface area (Å²) in [6.07, 6.45) is 0. The molecule has 0 saturated carbocycles. The van der Waals surface area contributed by atoms with Gasteiger partial charge in [0.25, 0.3) is 0 Å². The average molecular weight is 230 g/mol. The lowest BCUT2D eigenvalue weighted by Gasteiger charge is -2.04. The van der Waals surface area contributed by atoms with Crippen LogP contribution in [-0.2, 0) is 6.54 Å². The maximum atomic E-state index is 11.1. The van der Waals surface area contributed by atoms with Gasteiger partial charge in [0.2, 0.25) is 0 Å². The SMILES string of the molecule is Cc1nn(Cc2ccccc2)c(C)c1C(=O)O. The maximum Gasteiger partial charge on any atom is 0.339 e. The van der Waals surface area contributed by atoms with E-state index in [2.05, 4.69) is 5.10 Å². The monoisotopic (exact) mass is 230 g/mol. The van der Waals surface area contributed by atoms with Gasteiger partial charge in [0.1, 0.15) is 5.56 Å². The van der Waals surface area contributed by atoms with Gasteiger partial charge in [-0.15, -0.1) is 0 Å². The van der Waals surface area contributed by atoms with Crippen LogP contribution in [0, 0.1) is 13.8 Å². The predicted octanol–water partition coefficient (Wildman–Crippen LogP) is 2.25. The molecule has 4 heteroatoms. The summed E-state index contributed by atoms with van der Waals surface area (Å²) in [5, 5.41) is 13.3. The molecule has 0 fully saturated rings. The van der Waals surface area contributed by atoms with Gasteiger partial charge in [-0.2, -0.15) is 5.10 Å². The van der Waals surface area contributed by atoms with Crippen LogP contribution in [0.25, 0.3) is 0 Å². The fraction of sp³-hybridized carbons (Fsp3) is 0.231. The van der Waals surface area contributed by atoms with Crippen LogP contribution in [0.2, 0.25) is 0 Å². The van der Waals surface area contributed by atoms with E-state index in [1.165, 1.54) is 0 Å². The quantitative estimate of drug-likeness (QED) is 0.879. The van der Waals surface area contributed by atoms with Crippen LogP contribution < -0.4 is 0 Å². The normalized spacial score (nSPS) is 10.5. The largest absolute Gasteiger partial charge is 0.478 e. The van der Waals surface area contributed by atoms with Crippen LogP contribution in [-0.4, -0.2) is 20.9 Å². The van der Waals surface area contributed by atoms with Crippen LogP contribution in [0.15, 0.2) is 30.3 Å². The molecule has 1 N–H and O–H groups in total. The molecule has 0 bridgehead atoms. The standard InChI is InChI=1S/C13H14N2O2/c1-9-12(13(16)17)10(2)15(14-9)8-11-6-4-3-5-7-11/h3-7H,8H2,1-2H3,(H,16,17). The molecule has 17 heavy (non-hydrogen) atoms. The molecule has 1 heterocycles. The van der Waals surface area contributed by atoms with Gasteiger partial charge in [-0.05, 0) is 19.4 Å². The lowest BCUT2D eigenvalue weighted by molar-refractivity contribution is 0.0695. The third-order valence-corrected chi connectivity index (χ3v) is 2.77. The van der Waals surface area contributed by atoms with Crippen molar-refractivity contribution in [3.8, 4) is 0 Å². The van der Waals surface area contributed by atoms with E-state index in [4.69, 9.17) is 5.11 Å². The summed E-state index contributed by atoms with van der Waals surface area (Å²) in [4.78, 5) is 11.1. The van der Waals surface area contributed by atoms with Crippen LogP contribution in [0.5, 0.6) is 0 Å². The number of hydrogen-bond acceptors (Lipinski definition) is 2. The molecule has 1 aromatic heterocycles. The highest BCUT2D eigenvalue weighted by Gasteiger charge is 2.17. The summed E-state index contributed by atoms with van der Waals surface area (Å²) >= 11 is 0. The van der Waals surface area contributed by atoms with E-state index in [1.807, 2.05) is 30.3 Å². The molecule has 0 saturated heterocycles. The minimum atomic E-state index is -0.917. The first kappa shape index (κ1) is 11.4. The van der Waals surface area contributed by atoms with Gasteiger partial charge in [0.15, 0.2) is 0 Å². The van der Waals surface area contributed by atoms with E-state index in [0.717, 1.165) is 5.56 Å². The smallest absolute Gasteiger partial charge is 0.339 e. The number of carbonyl (C=O) groups is 1. The van der Waals surface area contributed by atoms with Crippen molar-refractivity contribution in [2.45, 2.75) is 20.4 Å². The Labute approximate surface area is 99.5 Å². The van der Waals surface area contributed by atoms with Crippen LogP contribution in [0.4, 0.5) is 0 Å². The Hall–Kier alpha value is -2.10. The van der Waals surface area contributed by atoms with Crippen LogP contribution >= 0.6 is 0 Å². The fourth-order valence-corrected chi connectivity index (χ4v) is 1.92. The zero-order valence-electron chi connectivity index (χ0n) is 9.84. The van der Waals surface area contributed by atoms with Crippen molar-refractivity contribution in [2.24, 2.45) is 0 Å². The van der Waals surface area contributed by atoms with Gasteiger partial charge in [0.05, 0.1) is 17.9 Å². The second kappa shape index (κ2) is 4.41. The van der Waals surface area contributed by atoms with Crippen molar-refractivity contribution in [1.29, 1.82) is 0 Å². The highest BCUT2D eigenvalue weighted by molar-refractivity contribution is 5.90. The Bertz CT molecular complexity index is 544. The number of benzene rings is 1. The molecule has 0 radical (unpaired) electrons. The van der Waals surface area contributed by atoms with Gasteiger partial charge in [-0.25, -0.2) is 4.79 Å². The van der Waals surface area contributed by atoms with Crippen molar-refractivity contribution in [3.63, 3.8) is 0 Å². The molecule has 0 aliphatic heterocycles. The summed E-state index contributed by atoms with van der Waals surface area (Å²) in [7, 11) is 0. The van der Waals surface area contributed by atoms with E-state index in [0.29, 0.717) is 23.5 Å². The molecule has 2 rings (SSSR count). The third-order valence-electron chi connectivity index (χ3n) is 2.77. The summed E-state index contributed by atoms with van der Waals surface area (Å²) in [6, 6.07) is 9.86. The van der Waals surface area contributed by atoms with Crippen molar-refractivity contribution in [3.05, 3.63) is 52.8 Å². The number of rotatable bonds is 3. The van der Waals surface area contributed by atoms with Gasteiger partial charge < -0.3 is 5.11 Å². The summed E-state index contributed by atoms with van der Waals surface area (Å²) in [5.41, 5.74) is 2.67. The first-order valence-corrected chi connectivity index (χ1v) is 5.41. The zero-order valence-corrected chi connectivity index (χ0v) is 9.84. The molecule has 88 valence electrons. The zero-order chi connectivity index (χ0) is 12.4. The Morgan fingerprint density at radius 1 is 1.29 bits per heavy atom. The number of carboxylic acids is 1. The number of hydrogen-bond donors (Lipinski definition) is 1. The molecular weight excluding hydrogens is 216 g/mol. The second-order valence-corrected chi connectivity index (χ2v) is 3.99. The van der Waals surface area contributed by atoms with Gasteiger partial charge in [-0.3, -0.25) is 4.68 Å². The Morgan fingerprint density at radius 2 is 1.94 bits per heavy atom. The Morgan fingerprint density at radius 3 is 2.47 bits per heavy atom. The summed E-state index contributed by atoms with van der Waals surface area (Å²) < 4.78 is 1.73. The molecule has 2 aromatic rings. The summed E-state index contributed by atoms with van der Waals surface area (Å²) in [6.45, 7) is 4.10. The van der Waals surface area contributed by atoms with E-state index >= 15 is 0 Å². The highest BCUT2D eigenvalue weighted by atomic mass is 16.4. The van der Waals surface area contributed by atoms with Gasteiger partial charge >= 0.3 is 5.97 Å². The first-order valence-electron chi connectivity index (χ1n) is 5.41. The van der Waals surface area contributed by atoms with E-state index < -0.39 is 5.97 Å². The first-order chi connectivity index (χ1) is 8.09. The predicted molar refractivity (Wildman–Crippen MR) is 64.2 cm³/mol. The van der Waals surface area contributed by atoms with Crippen molar-refractivity contribution < 1.29 is 9.90 Å². The molecular formula is C13H14N2O2. The Balaban J connectivity index is 2.35. The molecule has 4 nitrogen and oxygen atoms in total. The van der Waals surface area contributed by atoms with Gasteiger partial charge in [-0.1, -0.05) is 30.3 Å². The van der Waals surface area contributed by atoms with Crippen molar-refractivity contribution >= 4 is 5.97 Å². The molecule has 0 aliphatic rings. The number of aromatic carboxylic acids is 1. The topological polar surface area (TPSA) is 55.1 Å². The lowest BCUT2D eigenvalue weighted by Crippen LogP contribution is -2.05.